The number of hydrogen-bond acceptors (Lipinski definition) is 5. The number of hydrogen-bond donors (Lipinski definition) is 3. The first kappa shape index (κ1) is 23.5. The minimum atomic E-state index is -4.99. The Morgan fingerprint density at radius 3 is 2.53 bits per heavy atom. The van der Waals surface area contributed by atoms with Crippen molar-refractivity contribution in [1.29, 1.82) is 0 Å². The van der Waals surface area contributed by atoms with Crippen LogP contribution in [0.2, 0.25) is 0 Å². The van der Waals surface area contributed by atoms with E-state index in [1.807, 2.05) is 6.92 Å². The van der Waals surface area contributed by atoms with E-state index in [4.69, 9.17) is 4.74 Å². The van der Waals surface area contributed by atoms with E-state index in [9.17, 15) is 27.9 Å². The molecule has 2 heterocycles. The van der Waals surface area contributed by atoms with Crippen LogP contribution >= 0.6 is 0 Å². The van der Waals surface area contributed by atoms with Gasteiger partial charge in [-0.15, -0.1) is 0 Å². The molecule has 11 heteroatoms. The molecule has 0 unspecified atom stereocenters. The third-order valence-electron chi connectivity index (χ3n) is 4.84. The van der Waals surface area contributed by atoms with Gasteiger partial charge in [0.05, 0.1) is 12.7 Å². The van der Waals surface area contributed by atoms with Crippen LogP contribution in [0.25, 0.3) is 0 Å². The fourth-order valence-corrected chi connectivity index (χ4v) is 3.34. The van der Waals surface area contributed by atoms with Crippen LogP contribution in [0.4, 0.5) is 13.2 Å². The van der Waals surface area contributed by atoms with Crippen molar-refractivity contribution in [2.45, 2.75) is 44.9 Å². The molecule has 0 aliphatic heterocycles. The Balaban J connectivity index is 2.23. The number of carbonyl (C=O) groups is 2. The summed E-state index contributed by atoms with van der Waals surface area (Å²) < 4.78 is 46.5. The summed E-state index contributed by atoms with van der Waals surface area (Å²) in [6.45, 7) is 2.99. The van der Waals surface area contributed by atoms with Crippen LogP contribution in [-0.4, -0.2) is 51.3 Å². The number of halogens is 3. The van der Waals surface area contributed by atoms with Gasteiger partial charge in [0.2, 0.25) is 5.60 Å². The fraction of sp³-hybridized carbons (Fsp3) is 0.526. The van der Waals surface area contributed by atoms with Crippen LogP contribution < -0.4 is 5.32 Å². The summed E-state index contributed by atoms with van der Waals surface area (Å²) in [5, 5.41) is 12.7. The van der Waals surface area contributed by atoms with Crippen molar-refractivity contribution in [3.8, 4) is 0 Å². The monoisotopic (exact) mass is 430 g/mol. The molecule has 0 fully saturated rings. The first-order chi connectivity index (χ1) is 14.0. The highest BCUT2D eigenvalue weighted by Crippen LogP contribution is 2.40. The molecule has 1 atom stereocenters. The Labute approximate surface area is 171 Å². The minimum absolute atomic E-state index is 0.0855. The molecular formula is C19H25F3N4O4. The van der Waals surface area contributed by atoms with Crippen LogP contribution in [0.5, 0.6) is 0 Å². The maximum Gasteiger partial charge on any atom is 0.424 e. The molecule has 0 bridgehead atoms. The normalized spacial score (nSPS) is 13.7. The quantitative estimate of drug-likeness (QED) is 0.557. The summed E-state index contributed by atoms with van der Waals surface area (Å²) in [6.07, 6.45) is -2.35. The fourth-order valence-electron chi connectivity index (χ4n) is 3.34. The second-order valence-corrected chi connectivity index (χ2v) is 6.95. The van der Waals surface area contributed by atoms with Crippen molar-refractivity contribution >= 4 is 11.9 Å². The zero-order valence-electron chi connectivity index (χ0n) is 17.2. The molecule has 3 N–H and O–H groups in total. The number of H-pyrrole nitrogens is 1. The lowest BCUT2D eigenvalue weighted by atomic mass is 9.97. The maximum atomic E-state index is 13.6. The lowest BCUT2D eigenvalue weighted by molar-refractivity contribution is -0.272. The number of aromatic nitrogens is 3. The van der Waals surface area contributed by atoms with Gasteiger partial charge in [-0.25, -0.2) is 9.78 Å². The van der Waals surface area contributed by atoms with Gasteiger partial charge in [-0.3, -0.25) is 4.79 Å². The number of esters is 1. The number of aliphatic hydroxyl groups is 1. The Bertz CT molecular complexity index is 920. The SMILES string of the molecule is CCCc1c(C(=O)NCC[C@](O)(c2nccn2C)C(F)(F)F)[nH]c(C)c1C(=O)OC. The number of imidazole rings is 1. The zero-order valence-corrected chi connectivity index (χ0v) is 17.2. The van der Waals surface area contributed by atoms with Crippen LogP contribution in [0, 0.1) is 6.92 Å². The molecule has 0 aliphatic rings. The number of amides is 1. The predicted octanol–water partition coefficient (Wildman–Crippen LogP) is 2.37. The van der Waals surface area contributed by atoms with Gasteiger partial charge in [0.1, 0.15) is 11.5 Å². The van der Waals surface area contributed by atoms with E-state index in [1.165, 1.54) is 20.4 Å². The Morgan fingerprint density at radius 1 is 1.37 bits per heavy atom. The lowest BCUT2D eigenvalue weighted by Crippen LogP contribution is -2.46. The van der Waals surface area contributed by atoms with E-state index in [0.29, 0.717) is 24.1 Å². The molecule has 2 rings (SSSR count). The molecule has 1 amide bonds. The molecule has 30 heavy (non-hydrogen) atoms. The van der Waals surface area contributed by atoms with Crippen LogP contribution in [0.15, 0.2) is 12.4 Å². The highest BCUT2D eigenvalue weighted by Gasteiger charge is 2.57. The third kappa shape index (κ3) is 4.35. The summed E-state index contributed by atoms with van der Waals surface area (Å²) in [4.78, 5) is 31.1. The topological polar surface area (TPSA) is 109 Å². The number of aromatic amines is 1. The number of alkyl halides is 3. The average molecular weight is 430 g/mol. The van der Waals surface area contributed by atoms with Gasteiger partial charge < -0.3 is 24.7 Å². The van der Waals surface area contributed by atoms with Crippen molar-refractivity contribution in [3.63, 3.8) is 0 Å². The smallest absolute Gasteiger partial charge is 0.424 e. The number of carbonyl (C=O) groups excluding carboxylic acids is 2. The van der Waals surface area contributed by atoms with E-state index in [1.54, 1.807) is 6.92 Å². The summed E-state index contributed by atoms with van der Waals surface area (Å²) in [5.74, 6) is -1.85. The number of methoxy groups -OCH3 is 1. The first-order valence-corrected chi connectivity index (χ1v) is 9.32. The van der Waals surface area contributed by atoms with Crippen molar-refractivity contribution < 1.29 is 32.6 Å². The van der Waals surface area contributed by atoms with Gasteiger partial charge in [-0.1, -0.05) is 13.3 Å². The molecule has 0 aliphatic carbocycles. The van der Waals surface area contributed by atoms with E-state index < -0.39 is 42.4 Å². The number of aryl methyl sites for hydroxylation is 2. The van der Waals surface area contributed by atoms with Crippen molar-refractivity contribution in [1.82, 2.24) is 19.9 Å². The number of ether oxygens (including phenoxy) is 1. The highest BCUT2D eigenvalue weighted by atomic mass is 19.4. The molecule has 0 spiro atoms. The summed E-state index contributed by atoms with van der Waals surface area (Å²) in [5.41, 5.74) is -2.04. The first-order valence-electron chi connectivity index (χ1n) is 9.32. The minimum Gasteiger partial charge on any atom is -0.465 e. The Hall–Kier alpha value is -2.82. The molecule has 8 nitrogen and oxygen atoms in total. The van der Waals surface area contributed by atoms with Crippen LogP contribution in [0.3, 0.4) is 0 Å². The van der Waals surface area contributed by atoms with Crippen LogP contribution in [0.1, 0.15) is 57.7 Å². The van der Waals surface area contributed by atoms with E-state index in [0.717, 1.165) is 10.8 Å². The number of rotatable bonds is 8. The maximum absolute atomic E-state index is 13.6. The molecular weight excluding hydrogens is 405 g/mol. The second kappa shape index (κ2) is 8.90. The highest BCUT2D eigenvalue weighted by molar-refractivity contribution is 6.00. The second-order valence-electron chi connectivity index (χ2n) is 6.95. The summed E-state index contributed by atoms with van der Waals surface area (Å²) in [7, 11) is 2.56. The molecule has 0 aromatic carbocycles. The Kier molecular flexibility index (Phi) is 6.96. The zero-order chi connectivity index (χ0) is 22.7. The van der Waals surface area contributed by atoms with Gasteiger partial charge in [-0.2, -0.15) is 13.2 Å². The molecule has 166 valence electrons. The predicted molar refractivity (Wildman–Crippen MR) is 101 cm³/mol. The van der Waals surface area contributed by atoms with Crippen LogP contribution in [-0.2, 0) is 23.8 Å². The Morgan fingerprint density at radius 2 is 2.03 bits per heavy atom. The number of nitrogens with one attached hydrogen (secondary N) is 2. The van der Waals surface area contributed by atoms with Crippen molar-refractivity contribution in [2.24, 2.45) is 7.05 Å². The molecule has 0 saturated heterocycles. The van der Waals surface area contributed by atoms with Gasteiger partial charge >= 0.3 is 12.1 Å². The van der Waals surface area contributed by atoms with E-state index in [2.05, 4.69) is 15.3 Å². The average Bonchev–Trinajstić information content (AvgIpc) is 3.23. The third-order valence-corrected chi connectivity index (χ3v) is 4.84. The van der Waals surface area contributed by atoms with Gasteiger partial charge in [0.15, 0.2) is 0 Å². The van der Waals surface area contributed by atoms with Crippen molar-refractivity contribution in [2.75, 3.05) is 13.7 Å². The van der Waals surface area contributed by atoms with E-state index >= 15 is 0 Å². The molecule has 0 saturated carbocycles. The van der Waals surface area contributed by atoms with Gasteiger partial charge in [0, 0.05) is 38.1 Å². The molecule has 2 aromatic heterocycles. The molecule has 0 radical (unpaired) electrons. The van der Waals surface area contributed by atoms with Crippen molar-refractivity contribution in [3.05, 3.63) is 40.7 Å². The molecule has 2 aromatic rings. The number of nitrogens with zero attached hydrogens (tertiary/aromatic N) is 2. The lowest BCUT2D eigenvalue weighted by Gasteiger charge is -2.29. The van der Waals surface area contributed by atoms with Gasteiger partial charge in [-0.05, 0) is 18.9 Å². The van der Waals surface area contributed by atoms with E-state index in [-0.39, 0.29) is 11.3 Å². The largest absolute Gasteiger partial charge is 0.465 e. The standard InChI is InChI=1S/C19H25F3N4O4/c1-5-6-12-13(16(28)30-4)11(2)25-14(12)15(27)23-8-7-18(29,19(20,21)22)17-24-9-10-26(17)3/h9-10,25,29H,5-8H2,1-4H3,(H,23,27)/t18-/m0/s1. The summed E-state index contributed by atoms with van der Waals surface area (Å²) in [6, 6.07) is 0. The summed E-state index contributed by atoms with van der Waals surface area (Å²) >= 11 is 0. The van der Waals surface area contributed by atoms with Gasteiger partial charge in [0.25, 0.3) is 5.91 Å².